The molecule has 8 heteroatoms. The Morgan fingerprint density at radius 3 is 2.44 bits per heavy atom. The Hall–Kier alpha value is -2.32. The second-order valence-electron chi connectivity index (χ2n) is 6.21. The number of likely N-dealkylation sites (tertiary alicyclic amines) is 1. The lowest BCUT2D eigenvalue weighted by Gasteiger charge is -2.32. The lowest BCUT2D eigenvalue weighted by atomic mass is 10.1. The summed E-state index contributed by atoms with van der Waals surface area (Å²) in [7, 11) is 3.14. The zero-order chi connectivity index (χ0) is 19.5. The van der Waals surface area contributed by atoms with E-state index >= 15 is 0 Å². The minimum absolute atomic E-state index is 0.0231. The van der Waals surface area contributed by atoms with E-state index in [0.29, 0.717) is 50.6 Å². The number of carbonyl (C=O) groups is 2. The van der Waals surface area contributed by atoms with Gasteiger partial charge in [-0.1, -0.05) is 12.1 Å². The first-order valence-corrected chi connectivity index (χ1v) is 9.03. The molecule has 1 aromatic carbocycles. The van der Waals surface area contributed by atoms with Crippen LogP contribution in [0.5, 0.6) is 11.5 Å². The van der Waals surface area contributed by atoms with Crippen molar-refractivity contribution in [3.8, 4) is 11.5 Å². The van der Waals surface area contributed by atoms with Gasteiger partial charge in [-0.2, -0.15) is 0 Å². The van der Waals surface area contributed by atoms with Crippen molar-refractivity contribution >= 4 is 11.8 Å². The minimum atomic E-state index is -0.143. The number of piperidine rings is 1. The third-order valence-electron chi connectivity index (χ3n) is 4.30. The van der Waals surface area contributed by atoms with Crippen molar-refractivity contribution in [2.75, 3.05) is 53.7 Å². The highest BCUT2D eigenvalue weighted by molar-refractivity contribution is 5.78. The van der Waals surface area contributed by atoms with Gasteiger partial charge in [-0.3, -0.25) is 9.59 Å². The van der Waals surface area contributed by atoms with Gasteiger partial charge < -0.3 is 29.2 Å². The monoisotopic (exact) mass is 380 g/mol. The highest BCUT2D eigenvalue weighted by Gasteiger charge is 2.24. The Morgan fingerprint density at radius 1 is 1.07 bits per heavy atom. The summed E-state index contributed by atoms with van der Waals surface area (Å²) in [5, 5.41) is 2.94. The molecule has 8 nitrogen and oxygen atoms in total. The van der Waals surface area contributed by atoms with Crippen LogP contribution < -0.4 is 14.8 Å². The Balaban J connectivity index is 1.67. The Morgan fingerprint density at radius 2 is 1.78 bits per heavy atom. The summed E-state index contributed by atoms with van der Waals surface area (Å²) in [4.78, 5) is 25.9. The van der Waals surface area contributed by atoms with Crippen LogP contribution in [0, 0.1) is 0 Å². The second-order valence-corrected chi connectivity index (χ2v) is 6.21. The van der Waals surface area contributed by atoms with Gasteiger partial charge in [0.25, 0.3) is 5.91 Å². The van der Waals surface area contributed by atoms with Gasteiger partial charge in [-0.05, 0) is 25.0 Å². The van der Waals surface area contributed by atoms with Gasteiger partial charge in [0, 0.05) is 26.2 Å². The third kappa shape index (κ3) is 7.07. The fourth-order valence-corrected chi connectivity index (χ4v) is 2.82. The molecule has 1 aromatic rings. The van der Waals surface area contributed by atoms with Crippen molar-refractivity contribution in [3.63, 3.8) is 0 Å². The molecule has 1 aliphatic heterocycles. The summed E-state index contributed by atoms with van der Waals surface area (Å²) < 4.78 is 20.9. The average Bonchev–Trinajstić information content (AvgIpc) is 2.70. The van der Waals surface area contributed by atoms with E-state index in [2.05, 4.69) is 5.32 Å². The fourth-order valence-electron chi connectivity index (χ4n) is 2.82. The van der Waals surface area contributed by atoms with E-state index in [1.807, 2.05) is 12.1 Å². The summed E-state index contributed by atoms with van der Waals surface area (Å²) >= 11 is 0. The van der Waals surface area contributed by atoms with E-state index < -0.39 is 0 Å². The van der Waals surface area contributed by atoms with Crippen molar-refractivity contribution in [1.29, 1.82) is 0 Å². The number of benzene rings is 1. The van der Waals surface area contributed by atoms with Crippen molar-refractivity contribution < 1.29 is 28.5 Å². The number of ether oxygens (including phenoxy) is 4. The number of nitrogens with one attached hydrogen (secondary N) is 1. The molecular weight excluding hydrogens is 352 g/mol. The molecular formula is C19H28N2O6. The predicted molar refractivity (Wildman–Crippen MR) is 98.9 cm³/mol. The van der Waals surface area contributed by atoms with Gasteiger partial charge in [0.15, 0.2) is 18.1 Å². The number of amides is 2. The second kappa shape index (κ2) is 11.4. The Bertz CT molecular complexity index is 602. The molecule has 2 rings (SSSR count). The zero-order valence-corrected chi connectivity index (χ0v) is 15.9. The number of para-hydroxylation sites is 2. The molecule has 0 radical (unpaired) electrons. The quantitative estimate of drug-likeness (QED) is 0.606. The average molecular weight is 380 g/mol. The van der Waals surface area contributed by atoms with Crippen LogP contribution >= 0.6 is 0 Å². The summed E-state index contributed by atoms with van der Waals surface area (Å²) in [5.41, 5.74) is 0. The number of carbonyl (C=O) groups excluding carboxylic acids is 2. The number of hydrogen-bond acceptors (Lipinski definition) is 6. The van der Waals surface area contributed by atoms with E-state index in [-0.39, 0.29) is 31.1 Å². The molecule has 0 aromatic heterocycles. The molecule has 0 aliphatic carbocycles. The van der Waals surface area contributed by atoms with Gasteiger partial charge in [-0.15, -0.1) is 0 Å². The van der Waals surface area contributed by atoms with E-state index in [9.17, 15) is 9.59 Å². The normalized spacial score (nSPS) is 14.7. The maximum Gasteiger partial charge on any atom is 0.260 e. The standard InChI is InChI=1S/C19H28N2O6/c1-24-11-12-26-13-18(22)20-15-7-9-21(10-8-15)19(23)14-27-17-6-4-3-5-16(17)25-2/h3-6,15H,7-14H2,1-2H3,(H,20,22). The van der Waals surface area contributed by atoms with Crippen LogP contribution in [-0.2, 0) is 19.1 Å². The highest BCUT2D eigenvalue weighted by Crippen LogP contribution is 2.25. The number of hydrogen-bond donors (Lipinski definition) is 1. The number of methoxy groups -OCH3 is 2. The molecule has 0 bridgehead atoms. The van der Waals surface area contributed by atoms with Crippen LogP contribution in [0.1, 0.15) is 12.8 Å². The lowest BCUT2D eigenvalue weighted by molar-refractivity contribution is -0.134. The van der Waals surface area contributed by atoms with Gasteiger partial charge in [0.05, 0.1) is 20.3 Å². The van der Waals surface area contributed by atoms with Gasteiger partial charge >= 0.3 is 0 Å². The first-order valence-electron chi connectivity index (χ1n) is 9.03. The summed E-state index contributed by atoms with van der Waals surface area (Å²) in [6.45, 7) is 2.01. The molecule has 150 valence electrons. The first kappa shape index (κ1) is 21.0. The van der Waals surface area contributed by atoms with Crippen molar-refractivity contribution in [1.82, 2.24) is 10.2 Å². The van der Waals surface area contributed by atoms with Crippen LogP contribution in [0.15, 0.2) is 24.3 Å². The predicted octanol–water partition coefficient (Wildman–Crippen LogP) is 0.844. The smallest absolute Gasteiger partial charge is 0.260 e. The Kier molecular flexibility index (Phi) is 8.86. The largest absolute Gasteiger partial charge is 0.493 e. The van der Waals surface area contributed by atoms with Crippen LogP contribution in [0.2, 0.25) is 0 Å². The molecule has 27 heavy (non-hydrogen) atoms. The van der Waals surface area contributed by atoms with E-state index in [4.69, 9.17) is 18.9 Å². The van der Waals surface area contributed by atoms with E-state index in [1.54, 1.807) is 31.3 Å². The lowest BCUT2D eigenvalue weighted by Crippen LogP contribution is -2.48. The van der Waals surface area contributed by atoms with Gasteiger partial charge in [-0.25, -0.2) is 0 Å². The SMILES string of the molecule is COCCOCC(=O)NC1CCN(C(=O)COc2ccccc2OC)CC1. The Labute approximate surface area is 159 Å². The molecule has 1 aliphatic rings. The fraction of sp³-hybridized carbons (Fsp3) is 0.579. The molecule has 0 saturated carbocycles. The molecule has 0 unspecified atom stereocenters. The molecule has 0 atom stereocenters. The minimum Gasteiger partial charge on any atom is -0.493 e. The van der Waals surface area contributed by atoms with Gasteiger partial charge in [0.2, 0.25) is 5.91 Å². The van der Waals surface area contributed by atoms with Crippen LogP contribution in [0.25, 0.3) is 0 Å². The summed E-state index contributed by atoms with van der Waals surface area (Å²) in [6, 6.07) is 7.28. The zero-order valence-electron chi connectivity index (χ0n) is 15.9. The summed E-state index contributed by atoms with van der Waals surface area (Å²) in [5.74, 6) is 0.923. The van der Waals surface area contributed by atoms with E-state index in [1.165, 1.54) is 0 Å². The molecule has 1 saturated heterocycles. The number of nitrogens with zero attached hydrogens (tertiary/aromatic N) is 1. The van der Waals surface area contributed by atoms with Crippen LogP contribution in [-0.4, -0.2) is 76.5 Å². The molecule has 1 fully saturated rings. The highest BCUT2D eigenvalue weighted by atomic mass is 16.5. The summed E-state index contributed by atoms with van der Waals surface area (Å²) in [6.07, 6.45) is 1.43. The molecule has 1 N–H and O–H groups in total. The number of rotatable bonds is 10. The van der Waals surface area contributed by atoms with Crippen molar-refractivity contribution in [3.05, 3.63) is 24.3 Å². The topological polar surface area (TPSA) is 86.3 Å². The van der Waals surface area contributed by atoms with E-state index in [0.717, 1.165) is 0 Å². The molecule has 2 amide bonds. The van der Waals surface area contributed by atoms with Gasteiger partial charge in [0.1, 0.15) is 6.61 Å². The molecule has 0 spiro atoms. The van der Waals surface area contributed by atoms with Crippen molar-refractivity contribution in [2.45, 2.75) is 18.9 Å². The maximum absolute atomic E-state index is 12.3. The van der Waals surface area contributed by atoms with Crippen molar-refractivity contribution in [2.24, 2.45) is 0 Å². The maximum atomic E-state index is 12.3. The van der Waals surface area contributed by atoms with Crippen LogP contribution in [0.3, 0.4) is 0 Å². The van der Waals surface area contributed by atoms with Crippen LogP contribution in [0.4, 0.5) is 0 Å². The third-order valence-corrected chi connectivity index (χ3v) is 4.30. The molecule has 1 heterocycles. The first-order chi connectivity index (χ1) is 13.1.